The molecule has 2 saturated heterocycles. The Bertz CT molecular complexity index is 662. The van der Waals surface area contributed by atoms with Crippen LogP contribution in [0.4, 0.5) is 13.2 Å². The lowest BCUT2D eigenvalue weighted by molar-refractivity contribution is -0.160. The van der Waals surface area contributed by atoms with Crippen LogP contribution in [-0.2, 0) is 14.8 Å². The van der Waals surface area contributed by atoms with Crippen molar-refractivity contribution in [2.75, 3.05) is 13.1 Å². The number of nitrogens with zero attached hydrogens (tertiary/aromatic N) is 2. The number of sulfonamides is 1. The maximum absolute atomic E-state index is 13.3. The van der Waals surface area contributed by atoms with Crippen molar-refractivity contribution in [2.24, 2.45) is 0 Å². The van der Waals surface area contributed by atoms with Crippen molar-refractivity contribution in [3.8, 4) is 0 Å². The third kappa shape index (κ3) is 3.98. The number of piperazine rings is 1. The second kappa shape index (κ2) is 7.51. The fourth-order valence-corrected chi connectivity index (χ4v) is 7.13. The van der Waals surface area contributed by atoms with Crippen LogP contribution in [0.5, 0.6) is 0 Å². The molecule has 0 aromatic heterocycles. The van der Waals surface area contributed by atoms with Crippen LogP contribution in [0.1, 0.15) is 52.4 Å². The fraction of sp³-hybridized carbons (Fsp3) is 0.941. The number of piperidine rings is 1. The quantitative estimate of drug-likeness (QED) is 0.753. The molecule has 3 rings (SSSR count). The molecular formula is C17H28F3N3O3S. The molecule has 27 heavy (non-hydrogen) atoms. The standard InChI is InChI=1S/C17H28F3N3O3S/c1-11-10-22(14-5-3-4-6-15(14)23(11)12(2)24)27(25,26)13-7-8-16(21-9-13)17(18,19)20/h11,13-16,21H,3-10H2,1-2H3/t11-,13?,14?,15?,16?/m0/s1. The topological polar surface area (TPSA) is 69.7 Å². The number of fused-ring (bicyclic) bond motifs is 1. The Morgan fingerprint density at radius 2 is 1.70 bits per heavy atom. The van der Waals surface area contributed by atoms with Gasteiger partial charge in [0, 0.05) is 38.1 Å². The van der Waals surface area contributed by atoms with Crippen molar-refractivity contribution < 1.29 is 26.4 Å². The lowest BCUT2D eigenvalue weighted by Crippen LogP contribution is -2.67. The average Bonchev–Trinajstić information content (AvgIpc) is 2.60. The number of amides is 1. The molecule has 0 spiro atoms. The highest BCUT2D eigenvalue weighted by molar-refractivity contribution is 7.89. The number of carbonyl (C=O) groups excluding carboxylic acids is 1. The van der Waals surface area contributed by atoms with Gasteiger partial charge in [-0.05, 0) is 32.6 Å². The average molecular weight is 411 g/mol. The van der Waals surface area contributed by atoms with Crippen LogP contribution in [0.25, 0.3) is 0 Å². The summed E-state index contributed by atoms with van der Waals surface area (Å²) in [5, 5.41) is 1.52. The van der Waals surface area contributed by atoms with Crippen LogP contribution in [0.2, 0.25) is 0 Å². The van der Waals surface area contributed by atoms with Gasteiger partial charge in [-0.25, -0.2) is 8.42 Å². The third-order valence-corrected chi connectivity index (χ3v) is 8.53. The van der Waals surface area contributed by atoms with E-state index in [0.717, 1.165) is 19.3 Å². The van der Waals surface area contributed by atoms with E-state index in [9.17, 15) is 26.4 Å². The van der Waals surface area contributed by atoms with E-state index in [1.54, 1.807) is 4.90 Å². The van der Waals surface area contributed by atoms with Gasteiger partial charge in [0.15, 0.2) is 0 Å². The lowest BCUT2D eigenvalue weighted by atomic mass is 9.86. The SMILES string of the molecule is CC(=O)N1C2CCCCC2N(S(=O)(=O)C2CCC(C(F)(F)F)NC2)C[C@@H]1C. The summed E-state index contributed by atoms with van der Waals surface area (Å²) in [7, 11) is -3.74. The molecule has 4 unspecified atom stereocenters. The molecule has 0 radical (unpaired) electrons. The smallest absolute Gasteiger partial charge is 0.334 e. The molecule has 2 aliphatic heterocycles. The Morgan fingerprint density at radius 3 is 2.22 bits per heavy atom. The first kappa shape index (κ1) is 20.9. The van der Waals surface area contributed by atoms with E-state index in [-0.39, 0.29) is 50.0 Å². The minimum atomic E-state index is -4.36. The molecule has 1 aliphatic carbocycles. The Kier molecular flexibility index (Phi) is 5.80. The normalized spacial score (nSPS) is 36.3. The van der Waals surface area contributed by atoms with Gasteiger partial charge in [0.25, 0.3) is 0 Å². The number of hydrogen-bond acceptors (Lipinski definition) is 4. The lowest BCUT2D eigenvalue weighted by Gasteiger charge is -2.52. The highest BCUT2D eigenvalue weighted by Gasteiger charge is 2.50. The Balaban J connectivity index is 1.79. The van der Waals surface area contributed by atoms with Gasteiger partial charge in [0.2, 0.25) is 15.9 Å². The van der Waals surface area contributed by atoms with Crippen LogP contribution in [0, 0.1) is 0 Å². The first-order chi connectivity index (χ1) is 12.5. The van der Waals surface area contributed by atoms with Crippen LogP contribution >= 0.6 is 0 Å². The molecule has 6 nitrogen and oxygen atoms in total. The van der Waals surface area contributed by atoms with Gasteiger partial charge in [-0.3, -0.25) is 4.79 Å². The van der Waals surface area contributed by atoms with Gasteiger partial charge in [-0.1, -0.05) is 12.8 Å². The van der Waals surface area contributed by atoms with E-state index in [2.05, 4.69) is 5.32 Å². The number of hydrogen-bond donors (Lipinski definition) is 1. The van der Waals surface area contributed by atoms with E-state index in [1.807, 2.05) is 6.92 Å². The maximum Gasteiger partial charge on any atom is 0.403 e. The number of halogens is 3. The van der Waals surface area contributed by atoms with Crippen LogP contribution < -0.4 is 5.32 Å². The molecule has 1 N–H and O–H groups in total. The van der Waals surface area contributed by atoms with Crippen molar-refractivity contribution in [2.45, 2.75) is 88.0 Å². The van der Waals surface area contributed by atoms with Crippen LogP contribution in [-0.4, -0.2) is 72.2 Å². The summed E-state index contributed by atoms with van der Waals surface area (Å²) >= 11 is 0. The van der Waals surface area contributed by atoms with Gasteiger partial charge in [-0.15, -0.1) is 0 Å². The molecule has 2 heterocycles. The number of carbonyl (C=O) groups is 1. The molecule has 156 valence electrons. The second-order valence-electron chi connectivity index (χ2n) is 8.01. The van der Waals surface area contributed by atoms with Crippen molar-refractivity contribution in [3.05, 3.63) is 0 Å². The summed E-state index contributed by atoms with van der Waals surface area (Å²) in [5.74, 6) is -0.0520. The monoisotopic (exact) mass is 411 g/mol. The van der Waals surface area contributed by atoms with Gasteiger partial charge >= 0.3 is 6.18 Å². The summed E-state index contributed by atoms with van der Waals surface area (Å²) in [4.78, 5) is 13.9. The zero-order valence-electron chi connectivity index (χ0n) is 15.7. The molecule has 0 aromatic carbocycles. The molecule has 0 aromatic rings. The van der Waals surface area contributed by atoms with E-state index in [0.29, 0.717) is 6.42 Å². The van der Waals surface area contributed by atoms with Gasteiger partial charge in [-0.2, -0.15) is 17.5 Å². The summed E-state index contributed by atoms with van der Waals surface area (Å²) < 4.78 is 66.6. The maximum atomic E-state index is 13.3. The van der Waals surface area contributed by atoms with Crippen LogP contribution in [0.15, 0.2) is 0 Å². The minimum absolute atomic E-state index is 0.00179. The molecule has 3 aliphatic rings. The van der Waals surface area contributed by atoms with E-state index >= 15 is 0 Å². The fourth-order valence-electron chi connectivity index (χ4n) is 4.95. The molecule has 5 atom stereocenters. The largest absolute Gasteiger partial charge is 0.403 e. The molecule has 1 amide bonds. The van der Waals surface area contributed by atoms with Crippen molar-refractivity contribution in [3.63, 3.8) is 0 Å². The van der Waals surface area contributed by atoms with E-state index < -0.39 is 27.5 Å². The zero-order valence-corrected chi connectivity index (χ0v) is 16.5. The molecule has 3 fully saturated rings. The minimum Gasteiger partial charge on any atom is -0.334 e. The molecule has 1 saturated carbocycles. The third-order valence-electron chi connectivity index (χ3n) is 6.22. The predicted molar refractivity (Wildman–Crippen MR) is 94.5 cm³/mol. The number of rotatable bonds is 2. The summed E-state index contributed by atoms with van der Waals surface area (Å²) in [6.45, 7) is 3.37. The number of alkyl halides is 3. The van der Waals surface area contributed by atoms with Crippen molar-refractivity contribution in [1.82, 2.24) is 14.5 Å². The predicted octanol–water partition coefficient (Wildman–Crippen LogP) is 1.86. The Hall–Kier alpha value is -0.870. The first-order valence-electron chi connectivity index (χ1n) is 9.63. The highest BCUT2D eigenvalue weighted by atomic mass is 32.2. The summed E-state index contributed by atoms with van der Waals surface area (Å²) in [6, 6.07) is -2.30. The first-order valence-corrected chi connectivity index (χ1v) is 11.1. The van der Waals surface area contributed by atoms with E-state index in [4.69, 9.17) is 0 Å². The van der Waals surface area contributed by atoms with Crippen molar-refractivity contribution in [1.29, 1.82) is 0 Å². The molecular weight excluding hydrogens is 383 g/mol. The molecule has 0 bridgehead atoms. The number of nitrogens with one attached hydrogen (secondary N) is 1. The van der Waals surface area contributed by atoms with Crippen LogP contribution in [0.3, 0.4) is 0 Å². The van der Waals surface area contributed by atoms with E-state index in [1.165, 1.54) is 11.2 Å². The molecule has 10 heteroatoms. The van der Waals surface area contributed by atoms with Gasteiger partial charge in [0.1, 0.15) is 6.04 Å². The van der Waals surface area contributed by atoms with Gasteiger partial charge in [0.05, 0.1) is 5.25 Å². The van der Waals surface area contributed by atoms with Gasteiger partial charge < -0.3 is 10.2 Å². The van der Waals surface area contributed by atoms with Crippen molar-refractivity contribution >= 4 is 15.9 Å². The highest BCUT2D eigenvalue weighted by Crippen LogP contribution is 2.37. The zero-order chi connectivity index (χ0) is 20.0. The Morgan fingerprint density at radius 1 is 1.07 bits per heavy atom. The summed E-state index contributed by atoms with van der Waals surface area (Å²) in [5.41, 5.74) is 0. The Labute approximate surface area is 158 Å². The summed E-state index contributed by atoms with van der Waals surface area (Å²) in [6.07, 6.45) is -1.30. The second-order valence-corrected chi connectivity index (χ2v) is 10.2.